The molecule has 5 atom stereocenters. The van der Waals surface area contributed by atoms with E-state index in [4.69, 9.17) is 0 Å². The van der Waals surface area contributed by atoms with E-state index in [0.717, 1.165) is 5.56 Å². The smallest absolute Gasteiger partial charge is 0.247 e. The molecule has 1 aromatic carbocycles. The number of nitrogens with zero attached hydrogens (tertiary/aromatic N) is 3. The van der Waals surface area contributed by atoms with Gasteiger partial charge in [-0.05, 0) is 19.4 Å². The first-order valence-corrected chi connectivity index (χ1v) is 12.8. The van der Waals surface area contributed by atoms with E-state index in [1.165, 1.54) is 4.90 Å². The number of fused-ring (bicyclic) bond motifs is 2. The van der Waals surface area contributed by atoms with Crippen LogP contribution in [-0.4, -0.2) is 85.8 Å². The number of carbonyl (C=O) groups excluding carboxylic acids is 3. The summed E-state index contributed by atoms with van der Waals surface area (Å²) in [5, 5.41) is 9.56. The lowest BCUT2D eigenvalue weighted by Crippen LogP contribution is -2.54. The van der Waals surface area contributed by atoms with Gasteiger partial charge in [0.15, 0.2) is 0 Å². The van der Waals surface area contributed by atoms with E-state index in [1.807, 2.05) is 67.3 Å². The third-order valence-corrected chi connectivity index (χ3v) is 9.20. The van der Waals surface area contributed by atoms with Crippen LogP contribution in [-0.2, 0) is 20.9 Å². The Hall–Kier alpha value is -2.58. The zero-order valence-corrected chi connectivity index (χ0v) is 20.4. The molecule has 2 saturated heterocycles. The van der Waals surface area contributed by atoms with Crippen molar-refractivity contribution in [2.45, 2.75) is 42.5 Å². The molecule has 3 amide bonds. The number of aliphatic hydroxyl groups excluding tert-OH is 1. The number of thioether (sulfide) groups is 1. The quantitative estimate of drug-likeness (QED) is 0.648. The van der Waals surface area contributed by atoms with E-state index >= 15 is 0 Å². The molecule has 5 rings (SSSR count). The Kier molecular flexibility index (Phi) is 6.06. The molecule has 1 unspecified atom stereocenters. The minimum Gasteiger partial charge on any atom is -0.395 e. The number of benzene rings is 1. The monoisotopic (exact) mass is 481 g/mol. The average molecular weight is 482 g/mol. The van der Waals surface area contributed by atoms with Crippen LogP contribution in [0.3, 0.4) is 0 Å². The summed E-state index contributed by atoms with van der Waals surface area (Å²) in [4.78, 5) is 46.7. The molecule has 1 spiro atoms. The highest BCUT2D eigenvalue weighted by Gasteiger charge is 2.70. The first-order valence-electron chi connectivity index (χ1n) is 12.0. The second-order valence-corrected chi connectivity index (χ2v) is 11.2. The molecular formula is C26H31N3O4S. The van der Waals surface area contributed by atoms with Crippen molar-refractivity contribution in [2.75, 3.05) is 26.2 Å². The minimum absolute atomic E-state index is 0.0165. The van der Waals surface area contributed by atoms with Crippen LogP contribution < -0.4 is 0 Å². The summed E-state index contributed by atoms with van der Waals surface area (Å²) < 4.78 is -0.821. The molecule has 4 aliphatic rings. The molecule has 180 valence electrons. The van der Waals surface area contributed by atoms with Gasteiger partial charge in [0.2, 0.25) is 17.7 Å². The number of carbonyl (C=O) groups is 3. The molecule has 8 heteroatoms. The van der Waals surface area contributed by atoms with Crippen LogP contribution in [0, 0.1) is 11.8 Å². The molecule has 34 heavy (non-hydrogen) atoms. The van der Waals surface area contributed by atoms with Crippen molar-refractivity contribution in [2.24, 2.45) is 11.8 Å². The maximum absolute atomic E-state index is 13.9. The summed E-state index contributed by atoms with van der Waals surface area (Å²) in [6, 6.07) is 9.11. The Morgan fingerprint density at radius 2 is 1.82 bits per heavy atom. The van der Waals surface area contributed by atoms with Crippen LogP contribution in [0.5, 0.6) is 0 Å². The Balaban J connectivity index is 1.55. The van der Waals surface area contributed by atoms with Gasteiger partial charge in [-0.15, -0.1) is 11.8 Å². The zero-order valence-electron chi connectivity index (χ0n) is 19.5. The van der Waals surface area contributed by atoms with Crippen LogP contribution in [0.1, 0.15) is 19.4 Å². The standard InChI is InChI=1S/C26H31N3O4S/c1-17(2)28-13-7-11-26-21(24(32)29(14-15-30)22(26)25(28)33)20-19(34-26)10-6-12-27(23(20)31)16-18-8-4-3-5-9-18/h3-11,17,19-22,30H,12-16H2,1-2H3/t19-,20+,21-,22?,26-/m0/s1. The van der Waals surface area contributed by atoms with Crippen molar-refractivity contribution in [1.82, 2.24) is 14.7 Å². The van der Waals surface area contributed by atoms with Gasteiger partial charge in [0, 0.05) is 37.5 Å². The lowest BCUT2D eigenvalue weighted by atomic mass is 9.78. The summed E-state index contributed by atoms with van der Waals surface area (Å²) in [7, 11) is 0. The third kappa shape index (κ3) is 3.50. The highest BCUT2D eigenvalue weighted by Crippen LogP contribution is 2.61. The summed E-state index contributed by atoms with van der Waals surface area (Å²) in [5.41, 5.74) is 1.04. The van der Waals surface area contributed by atoms with Crippen molar-refractivity contribution < 1.29 is 19.5 Å². The second kappa shape index (κ2) is 8.89. The number of hydrogen-bond acceptors (Lipinski definition) is 5. The first-order chi connectivity index (χ1) is 16.4. The summed E-state index contributed by atoms with van der Waals surface area (Å²) in [5.74, 6) is -1.54. The van der Waals surface area contributed by atoms with Gasteiger partial charge in [-0.1, -0.05) is 54.6 Å². The van der Waals surface area contributed by atoms with Gasteiger partial charge < -0.3 is 19.8 Å². The summed E-state index contributed by atoms with van der Waals surface area (Å²) >= 11 is 1.57. The van der Waals surface area contributed by atoms with E-state index in [1.54, 1.807) is 16.7 Å². The van der Waals surface area contributed by atoms with E-state index < -0.39 is 22.6 Å². The van der Waals surface area contributed by atoms with Gasteiger partial charge >= 0.3 is 0 Å². The Labute approximate surface area is 204 Å². The second-order valence-electron chi connectivity index (χ2n) is 9.72. The van der Waals surface area contributed by atoms with Gasteiger partial charge in [-0.3, -0.25) is 14.4 Å². The van der Waals surface area contributed by atoms with E-state index in [9.17, 15) is 19.5 Å². The summed E-state index contributed by atoms with van der Waals surface area (Å²) in [6.45, 7) is 5.24. The molecule has 0 aliphatic carbocycles. The molecule has 4 aliphatic heterocycles. The fourth-order valence-electron chi connectivity index (χ4n) is 5.96. The van der Waals surface area contributed by atoms with Crippen molar-refractivity contribution in [3.05, 3.63) is 60.2 Å². The van der Waals surface area contributed by atoms with Gasteiger partial charge in [0.1, 0.15) is 6.04 Å². The number of hydrogen-bond donors (Lipinski definition) is 1. The number of β-amino-alcohol motifs (C(OH)–C–C–N with tert-alkyl or cyclic N) is 1. The number of aliphatic hydroxyl groups is 1. The fourth-order valence-corrected chi connectivity index (χ4v) is 7.97. The van der Waals surface area contributed by atoms with Crippen molar-refractivity contribution in [3.63, 3.8) is 0 Å². The van der Waals surface area contributed by atoms with Crippen LogP contribution in [0.2, 0.25) is 0 Å². The highest BCUT2D eigenvalue weighted by atomic mass is 32.2. The maximum atomic E-state index is 13.9. The van der Waals surface area contributed by atoms with Crippen LogP contribution in [0.15, 0.2) is 54.6 Å². The topological polar surface area (TPSA) is 81.2 Å². The predicted octanol–water partition coefficient (Wildman–Crippen LogP) is 1.68. The van der Waals surface area contributed by atoms with E-state index in [-0.39, 0.29) is 42.2 Å². The third-order valence-electron chi connectivity index (χ3n) is 7.45. The molecule has 1 N–H and O–H groups in total. The first kappa shape index (κ1) is 23.2. The zero-order chi connectivity index (χ0) is 24.0. The molecule has 7 nitrogen and oxygen atoms in total. The molecular weight excluding hydrogens is 450 g/mol. The highest BCUT2D eigenvalue weighted by molar-refractivity contribution is 8.02. The van der Waals surface area contributed by atoms with E-state index in [0.29, 0.717) is 19.6 Å². The molecule has 4 heterocycles. The molecule has 2 fully saturated rings. The SMILES string of the molecule is CC(C)N1CC=C[C@]23S[C@H]4C=CCN(Cc5ccccc5)C(=O)[C@H]4[C@H]2C(=O)N(CCO)C3C1=O. The van der Waals surface area contributed by atoms with Crippen molar-refractivity contribution >= 4 is 29.5 Å². The van der Waals surface area contributed by atoms with Gasteiger partial charge in [-0.25, -0.2) is 0 Å². The predicted molar refractivity (Wildman–Crippen MR) is 131 cm³/mol. The fraction of sp³-hybridized carbons (Fsp3) is 0.500. The van der Waals surface area contributed by atoms with Gasteiger partial charge in [0.25, 0.3) is 0 Å². The van der Waals surface area contributed by atoms with Crippen molar-refractivity contribution in [3.8, 4) is 0 Å². The van der Waals surface area contributed by atoms with Crippen LogP contribution >= 0.6 is 11.8 Å². The molecule has 0 bridgehead atoms. The van der Waals surface area contributed by atoms with Gasteiger partial charge in [0.05, 0.1) is 23.2 Å². The van der Waals surface area contributed by atoms with Crippen LogP contribution in [0.4, 0.5) is 0 Å². The molecule has 0 radical (unpaired) electrons. The lowest BCUT2D eigenvalue weighted by molar-refractivity contribution is -0.145. The average Bonchev–Trinajstić information content (AvgIpc) is 3.12. The molecule has 0 aromatic heterocycles. The van der Waals surface area contributed by atoms with E-state index in [2.05, 4.69) is 6.08 Å². The Bertz CT molecular complexity index is 1040. The maximum Gasteiger partial charge on any atom is 0.247 e. The lowest BCUT2D eigenvalue weighted by Gasteiger charge is -2.36. The molecule has 0 saturated carbocycles. The summed E-state index contributed by atoms with van der Waals surface area (Å²) in [6.07, 6.45) is 8.06. The largest absolute Gasteiger partial charge is 0.395 e. The van der Waals surface area contributed by atoms with Crippen molar-refractivity contribution in [1.29, 1.82) is 0 Å². The normalized spacial score (nSPS) is 32.7. The molecule has 1 aromatic rings. The minimum atomic E-state index is -0.821. The number of rotatable bonds is 5. The number of likely N-dealkylation sites (tertiary alicyclic amines) is 1. The Morgan fingerprint density at radius 3 is 2.53 bits per heavy atom. The van der Waals surface area contributed by atoms with Crippen LogP contribution in [0.25, 0.3) is 0 Å². The Morgan fingerprint density at radius 1 is 1.06 bits per heavy atom. The van der Waals surface area contributed by atoms with Gasteiger partial charge in [-0.2, -0.15) is 0 Å². The number of amides is 3.